The van der Waals surface area contributed by atoms with Crippen molar-refractivity contribution < 1.29 is 13.2 Å². The molecule has 1 aliphatic rings. The van der Waals surface area contributed by atoms with Crippen LogP contribution in [0.3, 0.4) is 0 Å². The first-order valence-electron chi connectivity index (χ1n) is 11.5. The number of hydrogen-bond acceptors (Lipinski definition) is 3. The van der Waals surface area contributed by atoms with Crippen molar-refractivity contribution in [2.24, 2.45) is 0 Å². The fraction of sp³-hybridized carbons (Fsp3) is 0.462. The van der Waals surface area contributed by atoms with Crippen molar-refractivity contribution in [3.8, 4) is 0 Å². The first-order chi connectivity index (χ1) is 15.4. The molecule has 0 aliphatic heterocycles. The Kier molecular flexibility index (Phi) is 11.7. The molecule has 1 aliphatic carbocycles. The van der Waals surface area contributed by atoms with Gasteiger partial charge in [0.05, 0.1) is 5.56 Å². The van der Waals surface area contributed by atoms with E-state index >= 15 is 0 Å². The molecule has 2 N–H and O–H groups in total. The maximum absolute atomic E-state index is 12.5. The zero-order valence-electron chi connectivity index (χ0n) is 19.0. The van der Waals surface area contributed by atoms with Gasteiger partial charge in [0.1, 0.15) is 0 Å². The molecule has 32 heavy (non-hydrogen) atoms. The molecule has 1 saturated carbocycles. The molecule has 0 heterocycles. The lowest BCUT2D eigenvalue weighted by Gasteiger charge is -2.09. The number of hydrogen-bond donors (Lipinski definition) is 2. The Morgan fingerprint density at radius 3 is 2.22 bits per heavy atom. The van der Waals surface area contributed by atoms with Gasteiger partial charge < -0.3 is 10.0 Å². The van der Waals surface area contributed by atoms with E-state index in [0.717, 1.165) is 35.2 Å². The Hall–Kier alpha value is -1.92. The number of anilines is 1. The van der Waals surface area contributed by atoms with Crippen LogP contribution in [-0.2, 0) is 6.18 Å². The number of halogens is 3. The van der Waals surface area contributed by atoms with Crippen molar-refractivity contribution in [1.82, 2.24) is 5.32 Å². The smallest absolute Gasteiger partial charge is 0.326 e. The SMILES string of the molecule is C/C=C\CCNCCCCC.FC(F)(F)c1ccc(SNc2ccc(C3CC3)cc2)cc1. The van der Waals surface area contributed by atoms with Crippen molar-refractivity contribution in [2.45, 2.75) is 69.4 Å². The van der Waals surface area contributed by atoms with Gasteiger partial charge in [-0.2, -0.15) is 13.2 Å². The van der Waals surface area contributed by atoms with Crippen LogP contribution in [0.15, 0.2) is 65.6 Å². The standard InChI is InChI=1S/C16H14F3NS.C10H21N/c17-16(18,19)13-5-9-15(10-6-13)21-20-14-7-3-12(4-8-14)11-1-2-11;1-3-5-7-9-11-10-8-6-4-2/h3-11,20H,1-2H2;3,5,11H,4,6-10H2,1-2H3/b;5-3-. The summed E-state index contributed by atoms with van der Waals surface area (Å²) >= 11 is 1.31. The topological polar surface area (TPSA) is 24.1 Å². The summed E-state index contributed by atoms with van der Waals surface area (Å²) in [5.74, 6) is 0.724. The highest BCUT2D eigenvalue weighted by Crippen LogP contribution is 2.40. The summed E-state index contributed by atoms with van der Waals surface area (Å²) in [7, 11) is 0. The van der Waals surface area contributed by atoms with E-state index in [4.69, 9.17) is 0 Å². The van der Waals surface area contributed by atoms with E-state index in [2.05, 4.69) is 48.2 Å². The van der Waals surface area contributed by atoms with E-state index < -0.39 is 11.7 Å². The van der Waals surface area contributed by atoms with Gasteiger partial charge in [-0.3, -0.25) is 0 Å². The molecule has 0 amide bonds. The lowest BCUT2D eigenvalue weighted by atomic mass is 10.1. The first kappa shape index (κ1) is 26.3. The average molecular weight is 465 g/mol. The van der Waals surface area contributed by atoms with E-state index in [1.165, 1.54) is 74.7 Å². The second-order valence-electron chi connectivity index (χ2n) is 7.94. The van der Waals surface area contributed by atoms with Crippen LogP contribution in [0.25, 0.3) is 0 Å². The lowest BCUT2D eigenvalue weighted by molar-refractivity contribution is -0.137. The third-order valence-corrected chi connectivity index (χ3v) is 5.95. The number of rotatable bonds is 11. The summed E-state index contributed by atoms with van der Waals surface area (Å²) in [6, 6.07) is 13.4. The molecular weight excluding hydrogens is 429 g/mol. The lowest BCUT2D eigenvalue weighted by Crippen LogP contribution is -2.15. The van der Waals surface area contributed by atoms with Gasteiger partial charge in [0.15, 0.2) is 0 Å². The first-order valence-corrected chi connectivity index (χ1v) is 12.3. The Balaban J connectivity index is 0.000000282. The van der Waals surface area contributed by atoms with E-state index in [-0.39, 0.29) is 0 Å². The van der Waals surface area contributed by atoms with Crippen molar-refractivity contribution >= 4 is 17.6 Å². The zero-order chi connectivity index (χ0) is 23.2. The molecule has 0 bridgehead atoms. The van der Waals surface area contributed by atoms with Gasteiger partial charge in [-0.05, 0) is 106 Å². The number of benzene rings is 2. The molecular formula is C26H35F3N2S. The highest BCUT2D eigenvalue weighted by molar-refractivity contribution is 8.00. The third kappa shape index (κ3) is 10.6. The third-order valence-electron chi connectivity index (χ3n) is 5.11. The number of alkyl halides is 3. The Labute approximate surface area is 195 Å². The molecule has 2 nitrogen and oxygen atoms in total. The van der Waals surface area contributed by atoms with Crippen molar-refractivity contribution in [1.29, 1.82) is 0 Å². The second kappa shape index (κ2) is 14.3. The summed E-state index contributed by atoms with van der Waals surface area (Å²) in [4.78, 5) is 0.745. The minimum absolute atomic E-state index is 0.624. The molecule has 1 fully saturated rings. The highest BCUT2D eigenvalue weighted by Gasteiger charge is 2.29. The summed E-state index contributed by atoms with van der Waals surface area (Å²) in [5, 5.41) is 3.40. The van der Waals surface area contributed by atoms with Crippen LogP contribution in [-0.4, -0.2) is 13.1 Å². The van der Waals surface area contributed by atoms with Gasteiger partial charge in [-0.25, -0.2) is 0 Å². The van der Waals surface area contributed by atoms with Gasteiger partial charge in [-0.15, -0.1) is 0 Å². The summed E-state index contributed by atoms with van der Waals surface area (Å²) < 4.78 is 40.5. The number of nitrogens with one attached hydrogen (secondary N) is 2. The van der Waals surface area contributed by atoms with Gasteiger partial charge in [-0.1, -0.05) is 44.1 Å². The Bertz CT molecular complexity index is 782. The van der Waals surface area contributed by atoms with E-state index in [1.807, 2.05) is 12.1 Å². The van der Waals surface area contributed by atoms with Crippen molar-refractivity contribution in [3.63, 3.8) is 0 Å². The predicted octanol–water partition coefficient (Wildman–Crippen LogP) is 8.43. The fourth-order valence-electron chi connectivity index (χ4n) is 3.05. The van der Waals surface area contributed by atoms with Crippen LogP contribution in [0, 0.1) is 0 Å². The maximum Gasteiger partial charge on any atom is 0.416 e. The van der Waals surface area contributed by atoms with Gasteiger partial charge in [0, 0.05) is 10.6 Å². The van der Waals surface area contributed by atoms with Crippen LogP contribution in [0.4, 0.5) is 18.9 Å². The van der Waals surface area contributed by atoms with Gasteiger partial charge in [0.25, 0.3) is 0 Å². The molecule has 176 valence electrons. The minimum atomic E-state index is -4.28. The van der Waals surface area contributed by atoms with Crippen LogP contribution in [0.2, 0.25) is 0 Å². The van der Waals surface area contributed by atoms with E-state index in [0.29, 0.717) is 0 Å². The Morgan fingerprint density at radius 2 is 1.66 bits per heavy atom. The molecule has 2 aromatic rings. The molecule has 0 saturated heterocycles. The minimum Gasteiger partial charge on any atom is -0.326 e. The monoisotopic (exact) mass is 464 g/mol. The molecule has 0 spiro atoms. The van der Waals surface area contributed by atoms with E-state index in [1.54, 1.807) is 0 Å². The Morgan fingerprint density at radius 1 is 0.969 bits per heavy atom. The number of allylic oxidation sites excluding steroid dienone is 1. The molecule has 2 aromatic carbocycles. The van der Waals surface area contributed by atoms with E-state index in [9.17, 15) is 13.2 Å². The second-order valence-corrected chi connectivity index (χ2v) is 8.82. The molecule has 0 atom stereocenters. The summed E-state index contributed by atoms with van der Waals surface area (Å²) in [5.41, 5.74) is 1.69. The highest BCUT2D eigenvalue weighted by atomic mass is 32.2. The van der Waals surface area contributed by atoms with Crippen LogP contribution in [0.5, 0.6) is 0 Å². The van der Waals surface area contributed by atoms with Crippen LogP contribution < -0.4 is 10.0 Å². The molecule has 0 aromatic heterocycles. The predicted molar refractivity (Wildman–Crippen MR) is 131 cm³/mol. The molecule has 0 radical (unpaired) electrons. The van der Waals surface area contributed by atoms with Gasteiger partial charge in [0.2, 0.25) is 0 Å². The van der Waals surface area contributed by atoms with Crippen molar-refractivity contribution in [2.75, 3.05) is 17.8 Å². The van der Waals surface area contributed by atoms with Gasteiger partial charge >= 0.3 is 6.18 Å². The summed E-state index contributed by atoms with van der Waals surface area (Å²) in [6.07, 6.45) is 7.73. The molecule has 6 heteroatoms. The summed E-state index contributed by atoms with van der Waals surface area (Å²) in [6.45, 7) is 6.62. The largest absolute Gasteiger partial charge is 0.416 e. The van der Waals surface area contributed by atoms with Crippen LogP contribution >= 0.6 is 11.9 Å². The normalized spacial score (nSPS) is 13.7. The maximum atomic E-state index is 12.5. The molecule has 3 rings (SSSR count). The van der Waals surface area contributed by atoms with Crippen LogP contribution in [0.1, 0.15) is 69.4 Å². The van der Waals surface area contributed by atoms with Crippen molar-refractivity contribution in [3.05, 3.63) is 71.8 Å². The fourth-order valence-corrected chi connectivity index (χ4v) is 3.69. The molecule has 0 unspecified atom stereocenters. The zero-order valence-corrected chi connectivity index (χ0v) is 19.9. The quantitative estimate of drug-likeness (QED) is 0.198. The average Bonchev–Trinajstić information content (AvgIpc) is 3.63. The number of unbranched alkanes of at least 4 members (excludes halogenated alkanes) is 2.